The molecule has 1 heterocycles. The van der Waals surface area contributed by atoms with Crippen LogP contribution in [0.4, 0.5) is 10.1 Å². The molecule has 16 heavy (non-hydrogen) atoms. The minimum Gasteiger partial charge on any atom is -0.370 e. The molecule has 4 N–H and O–H groups in total. The summed E-state index contributed by atoms with van der Waals surface area (Å²) < 4.78 is 14.8. The Balaban J connectivity index is 2.57. The summed E-state index contributed by atoms with van der Waals surface area (Å²) in [5.41, 5.74) is 11.6. The molecule has 2 aromatic rings. The maximum Gasteiger partial charge on any atom is 0.191 e. The van der Waals surface area contributed by atoms with Crippen molar-refractivity contribution in [3.05, 3.63) is 42.7 Å². The Morgan fingerprint density at radius 1 is 1.38 bits per heavy atom. The van der Waals surface area contributed by atoms with E-state index in [0.717, 1.165) is 0 Å². The van der Waals surface area contributed by atoms with Gasteiger partial charge in [0.15, 0.2) is 5.96 Å². The first-order valence-corrected chi connectivity index (χ1v) is 4.54. The number of imidazole rings is 1. The molecule has 0 amide bonds. The van der Waals surface area contributed by atoms with Gasteiger partial charge in [0.2, 0.25) is 0 Å². The number of rotatable bonds is 2. The molecule has 5 nitrogen and oxygen atoms in total. The summed E-state index contributed by atoms with van der Waals surface area (Å²) in [5, 5.41) is 0. The van der Waals surface area contributed by atoms with Crippen molar-refractivity contribution in [3.63, 3.8) is 0 Å². The van der Waals surface area contributed by atoms with Gasteiger partial charge < -0.3 is 16.0 Å². The number of nitrogens with zero attached hydrogens (tertiary/aromatic N) is 3. The SMILES string of the molecule is NC(N)=Nc1cc(F)ccc1-n1ccnc1. The van der Waals surface area contributed by atoms with E-state index >= 15 is 0 Å². The third-order valence-corrected chi connectivity index (χ3v) is 1.97. The van der Waals surface area contributed by atoms with E-state index in [2.05, 4.69) is 9.98 Å². The average Bonchev–Trinajstić information content (AvgIpc) is 2.69. The number of aliphatic imine (C=N–C) groups is 1. The standard InChI is InChI=1S/C10H10FN5/c11-7-1-2-9(16-4-3-14-6-16)8(5-7)15-10(12)13/h1-6H,(H4,12,13,15). The normalized spacial score (nSPS) is 10.1. The van der Waals surface area contributed by atoms with Gasteiger partial charge in [-0.2, -0.15) is 0 Å². The van der Waals surface area contributed by atoms with Gasteiger partial charge in [-0.05, 0) is 12.1 Å². The maximum atomic E-state index is 13.1. The highest BCUT2D eigenvalue weighted by Gasteiger charge is 2.05. The fourth-order valence-electron chi connectivity index (χ4n) is 1.35. The largest absolute Gasteiger partial charge is 0.370 e. The lowest BCUT2D eigenvalue weighted by molar-refractivity contribution is 0.627. The van der Waals surface area contributed by atoms with Crippen LogP contribution in [-0.4, -0.2) is 15.5 Å². The van der Waals surface area contributed by atoms with Crippen molar-refractivity contribution in [2.75, 3.05) is 0 Å². The Kier molecular flexibility index (Phi) is 2.55. The molecule has 2 rings (SSSR count). The van der Waals surface area contributed by atoms with E-state index in [1.54, 1.807) is 29.4 Å². The molecule has 0 aliphatic heterocycles. The molecule has 0 saturated carbocycles. The maximum absolute atomic E-state index is 13.1. The first kappa shape index (κ1) is 10.2. The van der Waals surface area contributed by atoms with Crippen LogP contribution in [0.5, 0.6) is 0 Å². The van der Waals surface area contributed by atoms with Gasteiger partial charge in [0.05, 0.1) is 17.7 Å². The Hall–Kier alpha value is -2.37. The van der Waals surface area contributed by atoms with Crippen LogP contribution in [0.3, 0.4) is 0 Å². The fourth-order valence-corrected chi connectivity index (χ4v) is 1.35. The van der Waals surface area contributed by atoms with Gasteiger partial charge in [-0.3, -0.25) is 0 Å². The zero-order valence-electron chi connectivity index (χ0n) is 8.34. The van der Waals surface area contributed by atoms with Crippen LogP contribution >= 0.6 is 0 Å². The number of nitrogens with two attached hydrogens (primary N) is 2. The minimum absolute atomic E-state index is 0.119. The second-order valence-corrected chi connectivity index (χ2v) is 3.14. The van der Waals surface area contributed by atoms with Crippen LogP contribution in [0.15, 0.2) is 41.9 Å². The van der Waals surface area contributed by atoms with Gasteiger partial charge in [0.1, 0.15) is 5.82 Å². The number of hydrogen-bond acceptors (Lipinski definition) is 2. The van der Waals surface area contributed by atoms with E-state index in [4.69, 9.17) is 11.5 Å². The lowest BCUT2D eigenvalue weighted by atomic mass is 10.2. The monoisotopic (exact) mass is 219 g/mol. The Bertz CT molecular complexity index is 514. The molecule has 1 aromatic carbocycles. The molecule has 0 atom stereocenters. The molecule has 1 aromatic heterocycles. The van der Waals surface area contributed by atoms with E-state index < -0.39 is 5.82 Å². The van der Waals surface area contributed by atoms with Crippen molar-refractivity contribution >= 4 is 11.6 Å². The first-order chi connectivity index (χ1) is 7.66. The van der Waals surface area contributed by atoms with Gasteiger partial charge in [-0.1, -0.05) is 0 Å². The summed E-state index contributed by atoms with van der Waals surface area (Å²) in [6, 6.07) is 4.18. The third-order valence-electron chi connectivity index (χ3n) is 1.97. The smallest absolute Gasteiger partial charge is 0.191 e. The van der Waals surface area contributed by atoms with Gasteiger partial charge in [-0.25, -0.2) is 14.4 Å². The van der Waals surface area contributed by atoms with Crippen LogP contribution in [0, 0.1) is 5.82 Å². The molecule has 0 aliphatic rings. The van der Waals surface area contributed by atoms with Crippen LogP contribution in [0.2, 0.25) is 0 Å². The number of guanidine groups is 1. The summed E-state index contributed by atoms with van der Waals surface area (Å²) in [5.74, 6) is -0.518. The first-order valence-electron chi connectivity index (χ1n) is 4.54. The summed E-state index contributed by atoms with van der Waals surface area (Å²) in [4.78, 5) is 7.76. The van der Waals surface area contributed by atoms with Crippen molar-refractivity contribution in [2.24, 2.45) is 16.5 Å². The van der Waals surface area contributed by atoms with Crippen LogP contribution in [-0.2, 0) is 0 Å². The van der Waals surface area contributed by atoms with Crippen molar-refractivity contribution in [3.8, 4) is 5.69 Å². The molecule has 0 radical (unpaired) electrons. The molecule has 0 unspecified atom stereocenters. The van der Waals surface area contributed by atoms with Crippen LogP contribution in [0.25, 0.3) is 5.69 Å². The third kappa shape index (κ3) is 2.00. The lowest BCUT2D eigenvalue weighted by Gasteiger charge is -2.06. The Morgan fingerprint density at radius 3 is 2.81 bits per heavy atom. The second kappa shape index (κ2) is 4.01. The van der Waals surface area contributed by atoms with Crippen molar-refractivity contribution in [1.29, 1.82) is 0 Å². The zero-order valence-corrected chi connectivity index (χ0v) is 8.34. The van der Waals surface area contributed by atoms with Gasteiger partial charge >= 0.3 is 0 Å². The lowest BCUT2D eigenvalue weighted by Crippen LogP contribution is -2.22. The highest BCUT2D eigenvalue weighted by Crippen LogP contribution is 2.23. The van der Waals surface area contributed by atoms with Gasteiger partial charge in [0, 0.05) is 18.5 Å². The Labute approximate surface area is 91.2 Å². The molecule has 0 aliphatic carbocycles. The number of halogens is 1. The van der Waals surface area contributed by atoms with Crippen molar-refractivity contribution in [2.45, 2.75) is 0 Å². The van der Waals surface area contributed by atoms with E-state index in [1.807, 2.05) is 0 Å². The summed E-state index contributed by atoms with van der Waals surface area (Å²) in [7, 11) is 0. The van der Waals surface area contributed by atoms with E-state index in [-0.39, 0.29) is 5.96 Å². The van der Waals surface area contributed by atoms with Crippen LogP contribution in [0.1, 0.15) is 0 Å². The summed E-state index contributed by atoms with van der Waals surface area (Å²) in [6.45, 7) is 0. The predicted octanol–water partition coefficient (Wildman–Crippen LogP) is 0.916. The topological polar surface area (TPSA) is 82.2 Å². The molecule has 0 bridgehead atoms. The predicted molar refractivity (Wildman–Crippen MR) is 59.0 cm³/mol. The van der Waals surface area contributed by atoms with Crippen LogP contribution < -0.4 is 11.5 Å². The second-order valence-electron chi connectivity index (χ2n) is 3.14. The molecule has 82 valence electrons. The summed E-state index contributed by atoms with van der Waals surface area (Å²) >= 11 is 0. The van der Waals surface area contributed by atoms with Gasteiger partial charge in [0.25, 0.3) is 0 Å². The number of hydrogen-bond donors (Lipinski definition) is 2. The fraction of sp³-hybridized carbons (Fsp3) is 0. The van der Waals surface area contributed by atoms with E-state index in [1.165, 1.54) is 12.1 Å². The Morgan fingerprint density at radius 2 is 2.19 bits per heavy atom. The molecule has 6 heteroatoms. The molecular formula is C10H10FN5. The molecule has 0 spiro atoms. The minimum atomic E-state index is -0.399. The highest BCUT2D eigenvalue weighted by molar-refractivity contribution is 5.80. The van der Waals surface area contributed by atoms with Crippen molar-refractivity contribution < 1.29 is 4.39 Å². The quantitative estimate of drug-likeness (QED) is 0.582. The molecular weight excluding hydrogens is 209 g/mol. The zero-order chi connectivity index (χ0) is 11.5. The highest BCUT2D eigenvalue weighted by atomic mass is 19.1. The van der Waals surface area contributed by atoms with E-state index in [0.29, 0.717) is 11.4 Å². The summed E-state index contributed by atoms with van der Waals surface area (Å²) in [6.07, 6.45) is 4.92. The van der Waals surface area contributed by atoms with Gasteiger partial charge in [-0.15, -0.1) is 0 Å². The number of aromatic nitrogens is 2. The average molecular weight is 219 g/mol. The number of benzene rings is 1. The molecule has 0 fully saturated rings. The molecule has 0 saturated heterocycles. The van der Waals surface area contributed by atoms with E-state index in [9.17, 15) is 4.39 Å². The van der Waals surface area contributed by atoms with Crippen molar-refractivity contribution in [1.82, 2.24) is 9.55 Å².